The van der Waals surface area contributed by atoms with Crippen LogP contribution in [0.25, 0.3) is 0 Å². The van der Waals surface area contributed by atoms with Gasteiger partial charge in [0.2, 0.25) is 5.91 Å². The highest BCUT2D eigenvalue weighted by Crippen LogP contribution is 2.28. The number of nitrogens with zero attached hydrogens (tertiary/aromatic N) is 3. The van der Waals surface area contributed by atoms with Gasteiger partial charge in [0.25, 0.3) is 0 Å². The minimum absolute atomic E-state index is 0.0202. The van der Waals surface area contributed by atoms with Crippen molar-refractivity contribution in [2.45, 2.75) is 68.7 Å². The number of halogens is 1. The Morgan fingerprint density at radius 3 is 2.62 bits per heavy atom. The lowest BCUT2D eigenvalue weighted by atomic mass is 9.86. The molecule has 1 amide bonds. The lowest BCUT2D eigenvalue weighted by Crippen LogP contribution is -2.64. The van der Waals surface area contributed by atoms with Gasteiger partial charge in [-0.2, -0.15) is 0 Å². The second-order valence-electron chi connectivity index (χ2n) is 10.8. The van der Waals surface area contributed by atoms with Crippen molar-refractivity contribution in [3.05, 3.63) is 0 Å². The standard InChI is InChI=1S/C23H41FN8O2/c1-30-8-2-3-18(30)20(33)14-5-9-31(10-6-14)17-4-7-26-12-16(17)28-23(34)19-21(25)29-32-13-15(24)11-27-22(19)32/h14-19,21-22,26-27,29H,2-13,25H2,1H3,(H,28,34)/t15?,16?,17?,18-,19?,21?,22?/m1/s1. The van der Waals surface area contributed by atoms with Gasteiger partial charge in [0.1, 0.15) is 6.17 Å². The SMILES string of the molecule is CN1CCC[C@@H]1C(=O)C1CCN(C2CCNCC2NC(=O)C2C(N)NN3CC(F)CNC23)CC1. The van der Waals surface area contributed by atoms with Crippen LogP contribution in [0.15, 0.2) is 0 Å². The normalized spacial score (nSPS) is 40.9. The van der Waals surface area contributed by atoms with Crippen LogP contribution in [0.5, 0.6) is 0 Å². The number of nitrogens with one attached hydrogen (secondary N) is 4. The quantitative estimate of drug-likeness (QED) is 0.311. The first-order valence-electron chi connectivity index (χ1n) is 13.1. The number of carbonyl (C=O) groups excluding carboxylic acids is 2. The summed E-state index contributed by atoms with van der Waals surface area (Å²) in [5, 5.41) is 11.5. The molecule has 5 fully saturated rings. The van der Waals surface area contributed by atoms with Crippen LogP contribution >= 0.6 is 0 Å². The third-order valence-electron chi connectivity index (χ3n) is 8.65. The second kappa shape index (κ2) is 10.4. The predicted molar refractivity (Wildman–Crippen MR) is 126 cm³/mol. The molecule has 7 atom stereocenters. The number of hydrogen-bond donors (Lipinski definition) is 5. The monoisotopic (exact) mass is 480 g/mol. The van der Waals surface area contributed by atoms with Gasteiger partial charge in [0.05, 0.1) is 30.3 Å². The molecule has 0 bridgehead atoms. The summed E-state index contributed by atoms with van der Waals surface area (Å²) in [5.74, 6) is 0.00609. The predicted octanol–water partition coefficient (Wildman–Crippen LogP) is -1.80. The summed E-state index contributed by atoms with van der Waals surface area (Å²) in [7, 11) is 2.07. The molecule has 11 heteroatoms. The molecule has 0 aromatic heterocycles. The van der Waals surface area contributed by atoms with E-state index in [1.54, 1.807) is 5.01 Å². The van der Waals surface area contributed by atoms with Gasteiger partial charge in [-0.1, -0.05) is 0 Å². The molecule has 0 aliphatic carbocycles. The lowest BCUT2D eigenvalue weighted by molar-refractivity contribution is -0.128. The Balaban J connectivity index is 1.17. The molecule has 192 valence electrons. The van der Waals surface area contributed by atoms with Gasteiger partial charge >= 0.3 is 0 Å². The number of carbonyl (C=O) groups is 2. The molecular weight excluding hydrogens is 439 g/mol. The summed E-state index contributed by atoms with van der Waals surface area (Å²) in [6.45, 7) is 4.90. The maximum atomic E-state index is 13.8. The zero-order valence-electron chi connectivity index (χ0n) is 20.2. The summed E-state index contributed by atoms with van der Waals surface area (Å²) in [4.78, 5) is 31.0. The van der Waals surface area contributed by atoms with Gasteiger partial charge in [-0.15, -0.1) is 0 Å². The minimum Gasteiger partial charge on any atom is -0.350 e. The van der Waals surface area contributed by atoms with Crippen LogP contribution in [-0.2, 0) is 9.59 Å². The third-order valence-corrected chi connectivity index (χ3v) is 8.65. The average molecular weight is 481 g/mol. The Bertz CT molecular complexity index is 750. The zero-order chi connectivity index (χ0) is 23.8. The minimum atomic E-state index is -0.978. The Labute approximate surface area is 201 Å². The molecule has 6 N–H and O–H groups in total. The largest absolute Gasteiger partial charge is 0.350 e. The van der Waals surface area contributed by atoms with Crippen LogP contribution in [0.2, 0.25) is 0 Å². The van der Waals surface area contributed by atoms with Crippen molar-refractivity contribution in [1.82, 2.24) is 36.2 Å². The highest BCUT2D eigenvalue weighted by atomic mass is 19.1. The fraction of sp³-hybridized carbons (Fsp3) is 0.913. The Kier molecular flexibility index (Phi) is 7.50. The molecule has 5 saturated heterocycles. The molecule has 5 heterocycles. The third kappa shape index (κ3) is 4.88. The van der Waals surface area contributed by atoms with Crippen LogP contribution in [0.4, 0.5) is 4.39 Å². The number of amides is 1. The maximum Gasteiger partial charge on any atom is 0.229 e. The maximum absolute atomic E-state index is 13.8. The van der Waals surface area contributed by atoms with E-state index in [-0.39, 0.29) is 49.2 Å². The van der Waals surface area contributed by atoms with Gasteiger partial charge < -0.3 is 16.4 Å². The molecule has 0 spiro atoms. The highest BCUT2D eigenvalue weighted by Gasteiger charge is 2.48. The first-order chi connectivity index (χ1) is 16.4. The Morgan fingerprint density at radius 2 is 1.88 bits per heavy atom. The van der Waals surface area contributed by atoms with Crippen LogP contribution in [0.3, 0.4) is 0 Å². The van der Waals surface area contributed by atoms with Crippen molar-refractivity contribution in [1.29, 1.82) is 0 Å². The fourth-order valence-corrected chi connectivity index (χ4v) is 6.74. The van der Waals surface area contributed by atoms with Gasteiger partial charge in [-0.3, -0.25) is 24.7 Å². The van der Waals surface area contributed by atoms with E-state index in [2.05, 4.69) is 38.2 Å². The summed E-state index contributed by atoms with van der Waals surface area (Å²) in [6, 6.07) is 0.326. The molecule has 6 unspecified atom stereocenters. The Hall–Kier alpha value is -1.21. The van der Waals surface area contributed by atoms with E-state index in [1.807, 2.05) is 0 Å². The van der Waals surface area contributed by atoms with Crippen LogP contribution < -0.4 is 27.1 Å². The van der Waals surface area contributed by atoms with Crippen LogP contribution in [0, 0.1) is 11.8 Å². The van der Waals surface area contributed by atoms with E-state index in [4.69, 9.17) is 5.73 Å². The smallest absolute Gasteiger partial charge is 0.229 e. The van der Waals surface area contributed by atoms with Crippen LogP contribution in [0.1, 0.15) is 32.1 Å². The number of hydrazine groups is 1. The van der Waals surface area contributed by atoms with Crippen molar-refractivity contribution < 1.29 is 14.0 Å². The van der Waals surface area contributed by atoms with Gasteiger partial charge in [-0.25, -0.2) is 14.8 Å². The number of alkyl halides is 1. The number of likely N-dealkylation sites (tertiary alicyclic amines) is 2. The molecule has 0 radical (unpaired) electrons. The van der Waals surface area contributed by atoms with E-state index < -0.39 is 18.3 Å². The molecule has 0 aromatic rings. The summed E-state index contributed by atoms with van der Waals surface area (Å²) >= 11 is 0. The first-order valence-corrected chi connectivity index (χ1v) is 13.1. The number of piperidine rings is 2. The second-order valence-corrected chi connectivity index (χ2v) is 10.8. The van der Waals surface area contributed by atoms with Crippen molar-refractivity contribution >= 4 is 11.7 Å². The first kappa shape index (κ1) is 24.5. The van der Waals surface area contributed by atoms with Crippen LogP contribution in [-0.4, -0.2) is 116 Å². The van der Waals surface area contributed by atoms with E-state index >= 15 is 0 Å². The van der Waals surface area contributed by atoms with E-state index in [0.717, 1.165) is 58.3 Å². The van der Waals surface area contributed by atoms with E-state index in [0.29, 0.717) is 12.3 Å². The number of likely N-dealkylation sites (N-methyl/N-ethyl adjacent to an activating group) is 1. The molecule has 5 aliphatic rings. The van der Waals surface area contributed by atoms with Crippen molar-refractivity contribution in [3.63, 3.8) is 0 Å². The number of Topliss-reactive ketones (excluding diaryl/α,β-unsaturated/α-hetero) is 1. The van der Waals surface area contributed by atoms with Crippen molar-refractivity contribution in [2.75, 3.05) is 52.9 Å². The average Bonchev–Trinajstić information content (AvgIpc) is 3.40. The molecular formula is C23H41FN8O2. The van der Waals surface area contributed by atoms with Crippen molar-refractivity contribution in [2.24, 2.45) is 17.6 Å². The number of ketones is 1. The summed E-state index contributed by atoms with van der Waals surface area (Å²) < 4.78 is 13.8. The summed E-state index contributed by atoms with van der Waals surface area (Å²) in [5.41, 5.74) is 9.29. The summed E-state index contributed by atoms with van der Waals surface area (Å²) in [6.07, 6.45) is 3.04. The number of hydrogen-bond acceptors (Lipinski definition) is 9. The van der Waals surface area contributed by atoms with Gasteiger partial charge in [0.15, 0.2) is 5.78 Å². The lowest BCUT2D eigenvalue weighted by Gasteiger charge is -2.44. The zero-order valence-corrected chi connectivity index (χ0v) is 20.2. The highest BCUT2D eigenvalue weighted by molar-refractivity contribution is 5.86. The fourth-order valence-electron chi connectivity index (χ4n) is 6.74. The topological polar surface area (TPSA) is 118 Å². The molecule has 5 aliphatic heterocycles. The van der Waals surface area contributed by atoms with E-state index in [1.165, 1.54) is 0 Å². The molecule has 34 heavy (non-hydrogen) atoms. The van der Waals surface area contributed by atoms with Gasteiger partial charge in [0, 0.05) is 31.6 Å². The number of rotatable bonds is 5. The Morgan fingerprint density at radius 1 is 1.09 bits per heavy atom. The van der Waals surface area contributed by atoms with Crippen molar-refractivity contribution in [3.8, 4) is 0 Å². The molecule has 0 aromatic carbocycles. The molecule has 10 nitrogen and oxygen atoms in total. The molecule has 0 saturated carbocycles. The number of fused-ring (bicyclic) bond motifs is 1. The van der Waals surface area contributed by atoms with Gasteiger partial charge in [-0.05, 0) is 65.3 Å². The molecule has 5 rings (SSSR count). The van der Waals surface area contributed by atoms with E-state index in [9.17, 15) is 14.0 Å². The number of nitrogens with two attached hydrogens (primary N) is 1.